The molecule has 2 aliphatic rings. The first-order valence-corrected chi connectivity index (χ1v) is 10.3. The Hall–Kier alpha value is -1.72. The second-order valence-electron chi connectivity index (χ2n) is 6.81. The summed E-state index contributed by atoms with van der Waals surface area (Å²) in [5, 5.41) is 21.4. The molecule has 6 N–H and O–H groups in total. The van der Waals surface area contributed by atoms with Gasteiger partial charge in [0.1, 0.15) is 41.2 Å². The lowest BCUT2D eigenvalue weighted by atomic mass is 10.1. The van der Waals surface area contributed by atoms with Crippen LogP contribution in [0, 0.1) is 0 Å². The third kappa shape index (κ3) is 2.97. The maximum Gasteiger partial charge on any atom is 0.167 e. The van der Waals surface area contributed by atoms with E-state index in [0.717, 1.165) is 6.42 Å². The number of rotatable bonds is 4. The van der Waals surface area contributed by atoms with E-state index in [9.17, 15) is 10.2 Å². The molecule has 0 radical (unpaired) electrons. The molecule has 1 saturated heterocycles. The van der Waals surface area contributed by atoms with E-state index in [2.05, 4.69) is 27.3 Å². The number of aliphatic hydroxyl groups is 2. The van der Waals surface area contributed by atoms with Gasteiger partial charge in [0.25, 0.3) is 0 Å². The van der Waals surface area contributed by atoms with Crippen LogP contribution in [0.15, 0.2) is 24.8 Å². The average Bonchev–Trinajstić information content (AvgIpc) is 3.30. The van der Waals surface area contributed by atoms with Gasteiger partial charge < -0.3 is 26.4 Å². The van der Waals surface area contributed by atoms with E-state index < -0.39 is 24.5 Å². The van der Waals surface area contributed by atoms with Crippen molar-refractivity contribution in [1.29, 1.82) is 0 Å². The van der Waals surface area contributed by atoms with Gasteiger partial charge in [0.15, 0.2) is 17.7 Å². The van der Waals surface area contributed by atoms with Gasteiger partial charge in [0.2, 0.25) is 0 Å². The monoisotopic (exact) mass is 379 g/mol. The molecule has 1 aliphatic carbocycles. The molecule has 7 atom stereocenters. The number of nitrogens with zero attached hydrogens (tertiary/aromatic N) is 4. The summed E-state index contributed by atoms with van der Waals surface area (Å²) in [4.78, 5) is 12.3. The van der Waals surface area contributed by atoms with Crippen LogP contribution in [-0.2, 0) is 15.6 Å². The molecule has 0 aromatic carbocycles. The minimum Gasteiger partial charge on any atom is -0.387 e. The fourth-order valence-electron chi connectivity index (χ4n) is 3.53. The molecule has 3 heterocycles. The third-order valence-corrected chi connectivity index (χ3v) is 7.26. The largest absolute Gasteiger partial charge is 0.387 e. The number of hydrogen-bond donors (Lipinski definition) is 4. The molecular formula is C16H23N6O3S+. The van der Waals surface area contributed by atoms with Crippen LogP contribution in [0.5, 0.6) is 0 Å². The van der Waals surface area contributed by atoms with Crippen molar-refractivity contribution in [3.8, 4) is 0 Å². The van der Waals surface area contributed by atoms with Crippen molar-refractivity contribution in [2.75, 3.05) is 17.7 Å². The van der Waals surface area contributed by atoms with Gasteiger partial charge >= 0.3 is 0 Å². The molecule has 1 aliphatic heterocycles. The highest BCUT2D eigenvalue weighted by Crippen LogP contribution is 2.33. The Balaban J connectivity index is 1.52. The maximum absolute atomic E-state index is 10.5. The number of aliphatic hydroxyl groups excluding tert-OH is 2. The van der Waals surface area contributed by atoms with E-state index in [1.165, 1.54) is 12.7 Å². The summed E-state index contributed by atoms with van der Waals surface area (Å²) in [6.07, 6.45) is 6.77. The third-order valence-electron chi connectivity index (χ3n) is 5.02. The molecule has 4 rings (SSSR count). The minimum atomic E-state index is -1.08. The van der Waals surface area contributed by atoms with Crippen molar-refractivity contribution in [3.63, 3.8) is 0 Å². The van der Waals surface area contributed by atoms with E-state index in [1.807, 2.05) is 6.08 Å². The molecule has 0 amide bonds. The standard InChI is InChI=1S/C16H23N6O3S/c1-26(9-3-2-8(17)4-9)5-10-12(23)13(24)16(25-10)22-7-21-11-14(18)19-6-20-15(11)22/h2-3,6-10,12-13,16,23-24H,4-5,17H2,1H3,(H2,18,19,20)/q+1/t8-,9+,10+,12+,13+,16+,26?/m0/s1. The normalized spacial score (nSPS) is 35.4. The van der Waals surface area contributed by atoms with Gasteiger partial charge in [-0.3, -0.25) is 4.57 Å². The Bertz CT molecular complexity index is 829. The SMILES string of the molecule is C[S+](C[C@H]1O[C@@H](n2cnc3c(N)ncnc32)[C@H](O)[C@@H]1O)[C@@H]1C=C[C@H](N)C1. The fourth-order valence-corrected chi connectivity index (χ4v) is 5.48. The Kier molecular flexibility index (Phi) is 4.61. The van der Waals surface area contributed by atoms with Crippen molar-refractivity contribution >= 4 is 27.9 Å². The van der Waals surface area contributed by atoms with Crippen LogP contribution in [0.25, 0.3) is 11.2 Å². The molecule has 2 aromatic rings. The lowest BCUT2D eigenvalue weighted by Gasteiger charge is -2.17. The van der Waals surface area contributed by atoms with E-state index >= 15 is 0 Å². The first-order chi connectivity index (χ1) is 12.5. The summed E-state index contributed by atoms with van der Waals surface area (Å²) < 4.78 is 7.61. The highest BCUT2D eigenvalue weighted by atomic mass is 32.2. The number of anilines is 1. The van der Waals surface area contributed by atoms with Crippen molar-refractivity contribution in [3.05, 3.63) is 24.8 Å². The second-order valence-corrected chi connectivity index (χ2v) is 9.13. The van der Waals surface area contributed by atoms with Gasteiger partial charge in [-0.2, -0.15) is 0 Å². The molecule has 9 nitrogen and oxygen atoms in total. The van der Waals surface area contributed by atoms with Crippen LogP contribution in [0.2, 0.25) is 0 Å². The first kappa shape index (κ1) is 17.7. The predicted molar refractivity (Wildman–Crippen MR) is 99.3 cm³/mol. The van der Waals surface area contributed by atoms with Crippen LogP contribution in [0.1, 0.15) is 12.6 Å². The molecule has 26 heavy (non-hydrogen) atoms. The predicted octanol–water partition coefficient (Wildman–Crippen LogP) is -1.07. The number of ether oxygens (including phenoxy) is 1. The molecule has 2 aromatic heterocycles. The highest BCUT2D eigenvalue weighted by Gasteiger charge is 2.47. The minimum absolute atomic E-state index is 0.0175. The zero-order valence-corrected chi connectivity index (χ0v) is 15.2. The van der Waals surface area contributed by atoms with Crippen molar-refractivity contribution in [2.24, 2.45) is 5.73 Å². The van der Waals surface area contributed by atoms with Crippen LogP contribution < -0.4 is 11.5 Å². The molecule has 140 valence electrons. The van der Waals surface area contributed by atoms with E-state index in [-0.39, 0.29) is 22.8 Å². The van der Waals surface area contributed by atoms with Gasteiger partial charge in [-0.05, 0) is 17.0 Å². The summed E-state index contributed by atoms with van der Waals surface area (Å²) in [6.45, 7) is 0. The Labute approximate surface area is 153 Å². The van der Waals surface area contributed by atoms with Crippen molar-refractivity contribution in [1.82, 2.24) is 19.5 Å². The molecule has 0 spiro atoms. The summed E-state index contributed by atoms with van der Waals surface area (Å²) in [7, 11) is -0.0175. The van der Waals surface area contributed by atoms with E-state index in [0.29, 0.717) is 22.2 Å². The number of imidazole rings is 1. The summed E-state index contributed by atoms with van der Waals surface area (Å²) in [5.74, 6) is 0.915. The number of nitrogen functional groups attached to an aromatic ring is 1. The smallest absolute Gasteiger partial charge is 0.167 e. The van der Waals surface area contributed by atoms with Crippen LogP contribution in [0.3, 0.4) is 0 Å². The van der Waals surface area contributed by atoms with Gasteiger partial charge in [-0.25, -0.2) is 15.0 Å². The summed E-state index contributed by atoms with van der Waals surface area (Å²) in [5.41, 5.74) is 12.7. The molecule has 1 fully saturated rings. The van der Waals surface area contributed by atoms with Crippen molar-refractivity contribution < 1.29 is 14.9 Å². The average molecular weight is 379 g/mol. The molecule has 0 saturated carbocycles. The second kappa shape index (κ2) is 6.78. The Morgan fingerprint density at radius 3 is 2.81 bits per heavy atom. The zero-order chi connectivity index (χ0) is 18.4. The lowest BCUT2D eigenvalue weighted by Crippen LogP contribution is -2.37. The Morgan fingerprint density at radius 2 is 2.08 bits per heavy atom. The molecule has 0 bridgehead atoms. The number of nitrogens with two attached hydrogens (primary N) is 2. The zero-order valence-electron chi connectivity index (χ0n) is 14.3. The molecular weight excluding hydrogens is 356 g/mol. The topological polar surface area (TPSA) is 145 Å². The van der Waals surface area contributed by atoms with E-state index in [1.54, 1.807) is 4.57 Å². The molecule has 1 unspecified atom stereocenters. The van der Waals surface area contributed by atoms with E-state index in [4.69, 9.17) is 16.2 Å². The molecule has 10 heteroatoms. The first-order valence-electron chi connectivity index (χ1n) is 8.45. The van der Waals surface area contributed by atoms with Gasteiger partial charge in [0, 0.05) is 12.5 Å². The van der Waals surface area contributed by atoms with Crippen molar-refractivity contribution in [2.45, 2.75) is 42.3 Å². The van der Waals surface area contributed by atoms with Gasteiger partial charge in [-0.1, -0.05) is 6.08 Å². The van der Waals surface area contributed by atoms with Crippen LogP contribution in [0.4, 0.5) is 5.82 Å². The van der Waals surface area contributed by atoms with Gasteiger partial charge in [-0.15, -0.1) is 0 Å². The van der Waals surface area contributed by atoms with Crippen LogP contribution in [-0.4, -0.2) is 71.3 Å². The highest BCUT2D eigenvalue weighted by molar-refractivity contribution is 7.97. The number of aromatic nitrogens is 4. The quantitative estimate of drug-likeness (QED) is 0.388. The Morgan fingerprint density at radius 1 is 1.27 bits per heavy atom. The summed E-state index contributed by atoms with van der Waals surface area (Å²) in [6, 6.07) is 0.102. The lowest BCUT2D eigenvalue weighted by molar-refractivity contribution is -0.0290. The number of hydrogen-bond acceptors (Lipinski definition) is 8. The fraction of sp³-hybridized carbons (Fsp3) is 0.562. The van der Waals surface area contributed by atoms with Crippen LogP contribution >= 0.6 is 0 Å². The maximum atomic E-state index is 10.5. The number of fused-ring (bicyclic) bond motifs is 1. The van der Waals surface area contributed by atoms with Gasteiger partial charge in [0.05, 0.1) is 12.6 Å². The summed E-state index contributed by atoms with van der Waals surface area (Å²) >= 11 is 0.